The van der Waals surface area contributed by atoms with E-state index in [0.29, 0.717) is 11.1 Å². The number of rotatable bonds is 5. The summed E-state index contributed by atoms with van der Waals surface area (Å²) in [7, 11) is 1.47. The van der Waals surface area contributed by atoms with Gasteiger partial charge in [0.1, 0.15) is 0 Å². The summed E-state index contributed by atoms with van der Waals surface area (Å²) >= 11 is 1.37. The number of hydrogen-bond donors (Lipinski definition) is 1. The van der Waals surface area contributed by atoms with Gasteiger partial charge in [-0.15, -0.1) is 0 Å². The number of likely N-dealkylation sites (N-methyl/N-ethyl adjacent to an activating group) is 1. The van der Waals surface area contributed by atoms with Gasteiger partial charge in [-0.2, -0.15) is 24.5 Å². The number of amides is 2. The van der Waals surface area contributed by atoms with Gasteiger partial charge in [0, 0.05) is 24.5 Å². The molecule has 1 N–H and O–H groups in total. The third-order valence-corrected chi connectivity index (χ3v) is 3.97. The maximum absolute atomic E-state index is 12.7. The molecule has 2 rings (SSSR count). The molecule has 2 aromatic rings. The van der Waals surface area contributed by atoms with Gasteiger partial charge < -0.3 is 10.2 Å². The summed E-state index contributed by atoms with van der Waals surface area (Å²) in [6.45, 7) is -0.193. The summed E-state index contributed by atoms with van der Waals surface area (Å²) < 4.78 is 38.0. The molecule has 0 atom stereocenters. The Balaban J connectivity index is 1.91. The fourth-order valence-electron chi connectivity index (χ4n) is 1.99. The van der Waals surface area contributed by atoms with E-state index in [4.69, 9.17) is 0 Å². The van der Waals surface area contributed by atoms with Crippen molar-refractivity contribution in [3.8, 4) is 0 Å². The molecule has 0 fully saturated rings. The van der Waals surface area contributed by atoms with Gasteiger partial charge in [-0.05, 0) is 29.1 Å². The molecule has 1 aromatic heterocycles. The molecule has 0 aliphatic heterocycles. The molecule has 4 nitrogen and oxygen atoms in total. The number of nitrogens with one attached hydrogen (secondary N) is 1. The van der Waals surface area contributed by atoms with Gasteiger partial charge in [-0.25, -0.2) is 0 Å². The average Bonchev–Trinajstić information content (AvgIpc) is 3.06. The van der Waals surface area contributed by atoms with Crippen molar-refractivity contribution in [1.82, 2.24) is 10.2 Å². The molecule has 0 bridgehead atoms. The Bertz CT molecular complexity index is 714. The number of halogens is 3. The molecule has 128 valence electrons. The summed E-state index contributed by atoms with van der Waals surface area (Å²) in [5.74, 6) is -0.756. The number of nitrogens with zero attached hydrogens (tertiary/aromatic N) is 1. The van der Waals surface area contributed by atoms with Gasteiger partial charge in [0.25, 0.3) is 5.91 Å². The molecule has 0 saturated heterocycles. The number of benzene rings is 1. The summed E-state index contributed by atoms with van der Waals surface area (Å²) in [6, 6.07) is 6.44. The molecule has 8 heteroatoms. The first kappa shape index (κ1) is 18.0. The third kappa shape index (κ3) is 4.82. The molecular weight excluding hydrogens is 341 g/mol. The molecule has 0 aliphatic rings. The topological polar surface area (TPSA) is 49.4 Å². The summed E-state index contributed by atoms with van der Waals surface area (Å²) in [6.07, 6.45) is -4.42. The molecule has 24 heavy (non-hydrogen) atoms. The van der Waals surface area contributed by atoms with Crippen LogP contribution < -0.4 is 5.32 Å². The van der Waals surface area contributed by atoms with Crippen molar-refractivity contribution in [2.45, 2.75) is 12.7 Å². The van der Waals surface area contributed by atoms with Crippen molar-refractivity contribution >= 4 is 23.2 Å². The van der Waals surface area contributed by atoms with Crippen LogP contribution in [0.5, 0.6) is 0 Å². The zero-order valence-corrected chi connectivity index (χ0v) is 13.6. The SMILES string of the molecule is CN(Cc1cccc(C(F)(F)F)c1)C(=O)CNC(=O)c1ccsc1. The van der Waals surface area contributed by atoms with E-state index in [0.717, 1.165) is 12.1 Å². The Morgan fingerprint density at radius 3 is 2.62 bits per heavy atom. The second-order valence-electron chi connectivity index (χ2n) is 5.14. The highest BCUT2D eigenvalue weighted by Crippen LogP contribution is 2.29. The predicted molar refractivity (Wildman–Crippen MR) is 84.6 cm³/mol. The first-order valence-electron chi connectivity index (χ1n) is 6.98. The Morgan fingerprint density at radius 2 is 2.00 bits per heavy atom. The van der Waals surface area contributed by atoms with Crippen LogP contribution in [0.25, 0.3) is 0 Å². The van der Waals surface area contributed by atoms with Crippen LogP contribution >= 0.6 is 11.3 Å². The van der Waals surface area contributed by atoms with E-state index in [1.54, 1.807) is 16.8 Å². The van der Waals surface area contributed by atoms with Crippen LogP contribution in [0.2, 0.25) is 0 Å². The standard InChI is InChI=1S/C16H15F3N2O2S/c1-21(9-11-3-2-4-13(7-11)16(17,18)19)14(22)8-20-15(23)12-5-6-24-10-12/h2-7,10H,8-9H2,1H3,(H,20,23). The summed E-state index contributed by atoms with van der Waals surface area (Å²) in [5.41, 5.74) is 0.0739. The molecular formula is C16H15F3N2O2S. The van der Waals surface area contributed by atoms with E-state index in [1.807, 2.05) is 0 Å². The third-order valence-electron chi connectivity index (χ3n) is 3.28. The molecule has 1 aromatic carbocycles. The van der Waals surface area contributed by atoms with Crippen molar-refractivity contribution in [3.05, 3.63) is 57.8 Å². The number of carbonyl (C=O) groups excluding carboxylic acids is 2. The first-order chi connectivity index (χ1) is 11.3. The van der Waals surface area contributed by atoms with Gasteiger partial charge in [-0.3, -0.25) is 9.59 Å². The Kier molecular flexibility index (Phi) is 5.61. The maximum Gasteiger partial charge on any atom is 0.416 e. The van der Waals surface area contributed by atoms with Crippen molar-refractivity contribution in [3.63, 3.8) is 0 Å². The van der Waals surface area contributed by atoms with E-state index in [2.05, 4.69) is 5.32 Å². The number of thiophene rings is 1. The number of carbonyl (C=O) groups is 2. The Labute approximate surface area is 140 Å². The lowest BCUT2D eigenvalue weighted by molar-refractivity contribution is -0.137. The molecule has 0 radical (unpaired) electrons. The van der Waals surface area contributed by atoms with Gasteiger partial charge in [0.05, 0.1) is 12.1 Å². The fourth-order valence-corrected chi connectivity index (χ4v) is 2.63. The van der Waals surface area contributed by atoms with Gasteiger partial charge in [0.2, 0.25) is 5.91 Å². The van der Waals surface area contributed by atoms with Crippen molar-refractivity contribution in [2.24, 2.45) is 0 Å². The normalized spacial score (nSPS) is 11.2. The predicted octanol–water partition coefficient (Wildman–Crippen LogP) is 3.16. The quantitative estimate of drug-likeness (QED) is 0.895. The molecule has 0 spiro atoms. The molecule has 0 saturated carbocycles. The minimum Gasteiger partial charge on any atom is -0.343 e. The van der Waals surface area contributed by atoms with E-state index < -0.39 is 17.6 Å². The first-order valence-corrected chi connectivity index (χ1v) is 7.92. The lowest BCUT2D eigenvalue weighted by Gasteiger charge is -2.18. The largest absolute Gasteiger partial charge is 0.416 e. The Hall–Kier alpha value is -2.35. The highest BCUT2D eigenvalue weighted by molar-refractivity contribution is 7.08. The van der Waals surface area contributed by atoms with Crippen LogP contribution in [0.4, 0.5) is 13.2 Å². The van der Waals surface area contributed by atoms with Crippen molar-refractivity contribution in [1.29, 1.82) is 0 Å². The minimum absolute atomic E-state index is 0.0249. The minimum atomic E-state index is -4.42. The maximum atomic E-state index is 12.7. The lowest BCUT2D eigenvalue weighted by atomic mass is 10.1. The number of hydrogen-bond acceptors (Lipinski definition) is 3. The molecule has 2 amide bonds. The summed E-state index contributed by atoms with van der Waals surface area (Å²) in [4.78, 5) is 25.0. The van der Waals surface area contributed by atoms with Gasteiger partial charge in [-0.1, -0.05) is 12.1 Å². The highest BCUT2D eigenvalue weighted by atomic mass is 32.1. The van der Waals surface area contributed by atoms with E-state index >= 15 is 0 Å². The van der Waals surface area contributed by atoms with Crippen molar-refractivity contribution in [2.75, 3.05) is 13.6 Å². The fraction of sp³-hybridized carbons (Fsp3) is 0.250. The van der Waals surface area contributed by atoms with Crippen molar-refractivity contribution < 1.29 is 22.8 Å². The smallest absolute Gasteiger partial charge is 0.343 e. The second-order valence-corrected chi connectivity index (χ2v) is 5.92. The van der Waals surface area contributed by atoms with Crippen LogP contribution in [-0.2, 0) is 17.5 Å². The zero-order valence-electron chi connectivity index (χ0n) is 12.8. The van der Waals surface area contributed by atoms with Crippen LogP contribution in [-0.4, -0.2) is 30.3 Å². The average molecular weight is 356 g/mol. The van der Waals surface area contributed by atoms with Gasteiger partial charge >= 0.3 is 6.18 Å². The second kappa shape index (κ2) is 7.48. The highest BCUT2D eigenvalue weighted by Gasteiger charge is 2.30. The number of alkyl halides is 3. The van der Waals surface area contributed by atoms with E-state index in [-0.39, 0.29) is 19.0 Å². The lowest BCUT2D eigenvalue weighted by Crippen LogP contribution is -2.37. The summed E-state index contributed by atoms with van der Waals surface area (Å²) in [5, 5.41) is 5.89. The van der Waals surface area contributed by atoms with Crippen LogP contribution in [0, 0.1) is 0 Å². The van der Waals surface area contributed by atoms with E-state index in [9.17, 15) is 22.8 Å². The monoisotopic (exact) mass is 356 g/mol. The van der Waals surface area contributed by atoms with Crippen LogP contribution in [0.15, 0.2) is 41.1 Å². The van der Waals surface area contributed by atoms with Crippen LogP contribution in [0.3, 0.4) is 0 Å². The van der Waals surface area contributed by atoms with Gasteiger partial charge in [0.15, 0.2) is 0 Å². The van der Waals surface area contributed by atoms with Crippen LogP contribution in [0.1, 0.15) is 21.5 Å². The van der Waals surface area contributed by atoms with E-state index in [1.165, 1.54) is 35.4 Å². The Morgan fingerprint density at radius 1 is 1.25 bits per heavy atom. The molecule has 0 aliphatic carbocycles. The molecule has 1 heterocycles. The molecule has 0 unspecified atom stereocenters. The zero-order chi connectivity index (χ0) is 17.7.